The van der Waals surface area contributed by atoms with Crippen molar-refractivity contribution in [2.45, 2.75) is 6.42 Å². The molecule has 1 aromatic carbocycles. The van der Waals surface area contributed by atoms with E-state index in [9.17, 15) is 0 Å². The van der Waals surface area contributed by atoms with Crippen LogP contribution in [0.15, 0.2) is 18.2 Å². The van der Waals surface area contributed by atoms with Gasteiger partial charge in [-0.15, -0.1) is 0 Å². The van der Waals surface area contributed by atoms with E-state index in [1.54, 1.807) is 0 Å². The number of nitrogens with two attached hydrogens (primary N) is 1. The Labute approximate surface area is 103 Å². The van der Waals surface area contributed by atoms with Gasteiger partial charge in [-0.3, -0.25) is 0 Å². The number of hydrogen-bond acceptors (Lipinski definition) is 3. The van der Waals surface area contributed by atoms with Gasteiger partial charge >= 0.3 is 0 Å². The molecule has 1 aliphatic rings. The Morgan fingerprint density at radius 3 is 3.00 bits per heavy atom. The number of rotatable bonds is 4. The number of nitrogens with zero attached hydrogens (tertiary/aromatic N) is 1. The fourth-order valence-electron chi connectivity index (χ4n) is 2.15. The van der Waals surface area contributed by atoms with Gasteiger partial charge in [-0.2, -0.15) is 0 Å². The Morgan fingerprint density at radius 1 is 1.41 bits per heavy atom. The monoisotopic (exact) mass is 236 g/mol. The molecule has 0 unspecified atom stereocenters. The molecule has 94 valence electrons. The van der Waals surface area contributed by atoms with Crippen LogP contribution in [-0.2, 0) is 0 Å². The molecule has 3 N–H and O–H groups in total. The fraction of sp³-hybridized carbons (Fsp3) is 0.538. The minimum absolute atomic E-state index is 0.755. The van der Waals surface area contributed by atoms with Crippen LogP contribution in [-0.4, -0.2) is 40.3 Å². The number of quaternary nitrogens is 1. The van der Waals surface area contributed by atoms with Gasteiger partial charge in [0.1, 0.15) is 12.4 Å². The van der Waals surface area contributed by atoms with E-state index in [1.807, 2.05) is 12.1 Å². The second-order valence-electron chi connectivity index (χ2n) is 4.87. The number of fused-ring (bicyclic) bond motifs is 1. The predicted molar refractivity (Wildman–Crippen MR) is 70.9 cm³/mol. The highest BCUT2D eigenvalue weighted by Gasteiger charge is 2.17. The van der Waals surface area contributed by atoms with Crippen molar-refractivity contribution >= 4 is 11.4 Å². The molecule has 1 aromatic rings. The molecule has 2 rings (SSSR count). The molecule has 0 saturated heterocycles. The van der Waals surface area contributed by atoms with Crippen molar-refractivity contribution in [2.24, 2.45) is 0 Å². The Balaban J connectivity index is 2.02. The number of hydrogen-bond donors (Lipinski definition) is 2. The average Bonchev–Trinajstić information content (AvgIpc) is 2.28. The summed E-state index contributed by atoms with van der Waals surface area (Å²) in [6, 6.07) is 5.92. The van der Waals surface area contributed by atoms with E-state index in [0.29, 0.717) is 0 Å². The normalized spacial score (nSPS) is 14.6. The Kier molecular flexibility index (Phi) is 3.74. The van der Waals surface area contributed by atoms with Crippen LogP contribution in [0.1, 0.15) is 6.42 Å². The van der Waals surface area contributed by atoms with Crippen LogP contribution >= 0.6 is 0 Å². The van der Waals surface area contributed by atoms with Gasteiger partial charge in [0.05, 0.1) is 32.9 Å². The molecule has 0 bridgehead atoms. The third kappa shape index (κ3) is 3.03. The molecular weight excluding hydrogens is 214 g/mol. The SMILES string of the molecule is C[NH+](C)CCCN1CCOc2cc(N)ccc21. The lowest BCUT2D eigenvalue weighted by molar-refractivity contribution is -0.858. The smallest absolute Gasteiger partial charge is 0.144 e. The standard InChI is InChI=1S/C13H21N3O/c1-15(2)6-3-7-16-8-9-17-13-10-11(14)4-5-12(13)16/h4-5,10H,3,6-9,14H2,1-2H3/p+1. The first-order valence-corrected chi connectivity index (χ1v) is 6.23. The van der Waals surface area contributed by atoms with Crippen molar-refractivity contribution in [1.29, 1.82) is 0 Å². The van der Waals surface area contributed by atoms with Crippen LogP contribution in [0, 0.1) is 0 Å². The summed E-state index contributed by atoms with van der Waals surface area (Å²) in [6.07, 6.45) is 1.20. The summed E-state index contributed by atoms with van der Waals surface area (Å²) in [5.74, 6) is 0.924. The zero-order valence-electron chi connectivity index (χ0n) is 10.7. The van der Waals surface area contributed by atoms with Crippen molar-refractivity contribution in [3.63, 3.8) is 0 Å². The van der Waals surface area contributed by atoms with Crippen LogP contribution in [0.3, 0.4) is 0 Å². The summed E-state index contributed by atoms with van der Waals surface area (Å²) in [7, 11) is 4.38. The maximum absolute atomic E-state index is 5.77. The molecule has 0 aromatic heterocycles. The zero-order chi connectivity index (χ0) is 12.3. The Bertz CT molecular complexity index is 379. The first-order chi connectivity index (χ1) is 8.16. The molecule has 1 aliphatic heterocycles. The van der Waals surface area contributed by atoms with Gasteiger partial charge in [-0.05, 0) is 12.1 Å². The molecule has 0 amide bonds. The highest BCUT2D eigenvalue weighted by Crippen LogP contribution is 2.33. The molecule has 4 nitrogen and oxygen atoms in total. The predicted octanol–water partition coefficient (Wildman–Crippen LogP) is 0.00220. The van der Waals surface area contributed by atoms with E-state index in [4.69, 9.17) is 10.5 Å². The van der Waals surface area contributed by atoms with Crippen LogP contribution in [0.5, 0.6) is 5.75 Å². The molecule has 1 heterocycles. The van der Waals surface area contributed by atoms with E-state index >= 15 is 0 Å². The van der Waals surface area contributed by atoms with Crippen LogP contribution in [0.25, 0.3) is 0 Å². The lowest BCUT2D eigenvalue weighted by Gasteiger charge is -2.31. The number of anilines is 2. The molecule has 0 saturated carbocycles. The van der Waals surface area contributed by atoms with Crippen LogP contribution in [0.2, 0.25) is 0 Å². The van der Waals surface area contributed by atoms with Crippen molar-refractivity contribution in [3.8, 4) is 5.75 Å². The van der Waals surface area contributed by atoms with Crippen molar-refractivity contribution in [3.05, 3.63) is 18.2 Å². The molecule has 0 spiro atoms. The molecule has 4 heteroatoms. The summed E-state index contributed by atoms with van der Waals surface area (Å²) in [5, 5.41) is 0. The number of benzene rings is 1. The highest BCUT2D eigenvalue weighted by molar-refractivity contribution is 5.64. The Hall–Kier alpha value is -1.42. The van der Waals surface area contributed by atoms with Crippen LogP contribution < -0.4 is 20.3 Å². The summed E-state index contributed by atoms with van der Waals surface area (Å²) in [5.41, 5.74) is 7.71. The first kappa shape index (κ1) is 12.0. The van der Waals surface area contributed by atoms with Gasteiger partial charge in [0.2, 0.25) is 0 Å². The van der Waals surface area contributed by atoms with E-state index in [0.717, 1.165) is 31.1 Å². The third-order valence-electron chi connectivity index (χ3n) is 3.05. The second-order valence-corrected chi connectivity index (χ2v) is 4.87. The van der Waals surface area contributed by atoms with Gasteiger partial charge in [0.15, 0.2) is 0 Å². The molecular formula is C13H22N3O+. The number of ether oxygens (including phenoxy) is 1. The Morgan fingerprint density at radius 2 is 2.24 bits per heavy atom. The quantitative estimate of drug-likeness (QED) is 0.723. The topological polar surface area (TPSA) is 42.9 Å². The number of nitrogens with one attached hydrogen (secondary N) is 1. The van der Waals surface area contributed by atoms with Crippen LogP contribution in [0.4, 0.5) is 11.4 Å². The van der Waals surface area contributed by atoms with E-state index < -0.39 is 0 Å². The second kappa shape index (κ2) is 5.27. The van der Waals surface area contributed by atoms with Gasteiger partial charge in [-0.25, -0.2) is 0 Å². The van der Waals surface area contributed by atoms with Crippen molar-refractivity contribution < 1.29 is 9.64 Å². The molecule has 17 heavy (non-hydrogen) atoms. The largest absolute Gasteiger partial charge is 0.489 e. The molecule has 0 fully saturated rings. The summed E-state index contributed by atoms with van der Waals surface area (Å²) < 4.78 is 5.64. The average molecular weight is 236 g/mol. The minimum atomic E-state index is 0.755. The van der Waals surface area contributed by atoms with Gasteiger partial charge in [0.25, 0.3) is 0 Å². The fourth-order valence-corrected chi connectivity index (χ4v) is 2.15. The summed E-state index contributed by atoms with van der Waals surface area (Å²) in [6.45, 7) is 4.01. The van der Waals surface area contributed by atoms with Gasteiger partial charge < -0.3 is 20.3 Å². The maximum Gasteiger partial charge on any atom is 0.144 e. The van der Waals surface area contributed by atoms with E-state index in [-0.39, 0.29) is 0 Å². The van der Waals surface area contributed by atoms with E-state index in [2.05, 4.69) is 25.1 Å². The van der Waals surface area contributed by atoms with Crippen molar-refractivity contribution in [2.75, 3.05) is 51.0 Å². The highest BCUT2D eigenvalue weighted by atomic mass is 16.5. The molecule has 0 aliphatic carbocycles. The summed E-state index contributed by atoms with van der Waals surface area (Å²) in [4.78, 5) is 3.89. The molecule has 0 radical (unpaired) electrons. The lowest BCUT2D eigenvalue weighted by Crippen LogP contribution is -3.05. The summed E-state index contributed by atoms with van der Waals surface area (Å²) >= 11 is 0. The van der Waals surface area contributed by atoms with Gasteiger partial charge in [-0.1, -0.05) is 0 Å². The number of nitrogen functional groups attached to an aromatic ring is 1. The third-order valence-corrected chi connectivity index (χ3v) is 3.05. The van der Waals surface area contributed by atoms with Gasteiger partial charge in [0, 0.05) is 24.7 Å². The van der Waals surface area contributed by atoms with E-state index in [1.165, 1.54) is 23.6 Å². The maximum atomic E-state index is 5.77. The van der Waals surface area contributed by atoms with Crippen molar-refractivity contribution in [1.82, 2.24) is 0 Å². The lowest BCUT2D eigenvalue weighted by atomic mass is 10.2. The zero-order valence-corrected chi connectivity index (χ0v) is 10.7. The first-order valence-electron chi connectivity index (χ1n) is 6.23. The molecule has 0 atom stereocenters. The minimum Gasteiger partial charge on any atom is -0.489 e.